The molecule has 5 heteroatoms. The number of nitrogens with one attached hydrogen (secondary N) is 1. The Hall–Kier alpha value is -1.65. The number of aromatic nitrogens is 4. The summed E-state index contributed by atoms with van der Waals surface area (Å²) in [5, 5.41) is 4.47. The van der Waals surface area contributed by atoms with Crippen LogP contribution in [0.25, 0.3) is 5.78 Å². The highest BCUT2D eigenvalue weighted by molar-refractivity contribution is 5.31. The van der Waals surface area contributed by atoms with Crippen LogP contribution in [-0.2, 0) is 0 Å². The first-order valence-corrected chi connectivity index (χ1v) is 5.65. The van der Waals surface area contributed by atoms with Crippen molar-refractivity contribution in [1.29, 1.82) is 0 Å². The summed E-state index contributed by atoms with van der Waals surface area (Å²) in [6.45, 7) is 4.10. The molecule has 1 aliphatic carbocycles. The van der Waals surface area contributed by atoms with E-state index >= 15 is 0 Å². The monoisotopic (exact) mass is 218 g/mol. The molecule has 0 spiro atoms. The van der Waals surface area contributed by atoms with Crippen LogP contribution in [0.4, 0.5) is 0 Å². The van der Waals surface area contributed by atoms with Gasteiger partial charge in [0.1, 0.15) is 0 Å². The fourth-order valence-corrected chi connectivity index (χ4v) is 1.86. The molecule has 0 bridgehead atoms. The zero-order valence-electron chi connectivity index (χ0n) is 9.40. The number of aromatic amines is 1. The second kappa shape index (κ2) is 3.17. The highest BCUT2D eigenvalue weighted by atomic mass is 16.1. The van der Waals surface area contributed by atoms with Crippen molar-refractivity contribution < 1.29 is 0 Å². The average Bonchev–Trinajstić information content (AvgIpc) is 2.98. The largest absolute Gasteiger partial charge is 0.291 e. The highest BCUT2D eigenvalue weighted by Gasteiger charge is 2.28. The standard InChI is InChI=1S/C11H14N4O/c1-6(2)8-5-9(16)12-11-13-10(7-3-4-7)14-15(8)11/h5-7H,3-4H2,1-2H3,(H,12,13,14,16). The van der Waals surface area contributed by atoms with Gasteiger partial charge in [0.2, 0.25) is 5.78 Å². The molecule has 2 aromatic rings. The van der Waals surface area contributed by atoms with Crippen molar-refractivity contribution in [2.45, 2.75) is 38.5 Å². The number of nitrogens with zero attached hydrogens (tertiary/aromatic N) is 3. The van der Waals surface area contributed by atoms with Gasteiger partial charge in [0, 0.05) is 12.0 Å². The van der Waals surface area contributed by atoms with Gasteiger partial charge in [-0.1, -0.05) is 13.8 Å². The number of H-pyrrole nitrogens is 1. The average molecular weight is 218 g/mol. The molecule has 0 unspecified atom stereocenters. The predicted molar refractivity (Wildman–Crippen MR) is 59.7 cm³/mol. The van der Waals surface area contributed by atoms with E-state index in [0.29, 0.717) is 11.7 Å². The predicted octanol–water partition coefficient (Wildman–Crippen LogP) is 1.42. The number of fused-ring (bicyclic) bond motifs is 1. The summed E-state index contributed by atoms with van der Waals surface area (Å²) in [5.74, 6) is 2.20. The Balaban J connectivity index is 2.27. The molecule has 0 radical (unpaired) electrons. The smallest absolute Gasteiger partial charge is 0.252 e. The molecule has 1 N–H and O–H groups in total. The maximum absolute atomic E-state index is 11.5. The molecule has 16 heavy (non-hydrogen) atoms. The van der Waals surface area contributed by atoms with E-state index in [9.17, 15) is 4.79 Å². The second-order valence-corrected chi connectivity index (χ2v) is 4.69. The van der Waals surface area contributed by atoms with Gasteiger partial charge in [-0.25, -0.2) is 4.52 Å². The highest BCUT2D eigenvalue weighted by Crippen LogP contribution is 2.38. The Kier molecular flexibility index (Phi) is 1.89. The van der Waals surface area contributed by atoms with Crippen molar-refractivity contribution in [3.8, 4) is 0 Å². The van der Waals surface area contributed by atoms with E-state index in [1.54, 1.807) is 10.6 Å². The van der Waals surface area contributed by atoms with Crippen LogP contribution >= 0.6 is 0 Å². The summed E-state index contributed by atoms with van der Waals surface area (Å²) < 4.78 is 1.76. The molecule has 2 aromatic heterocycles. The molecular weight excluding hydrogens is 204 g/mol. The molecular formula is C11H14N4O. The summed E-state index contributed by atoms with van der Waals surface area (Å²) >= 11 is 0. The zero-order valence-corrected chi connectivity index (χ0v) is 9.40. The van der Waals surface area contributed by atoms with Gasteiger partial charge in [0.15, 0.2) is 5.82 Å². The van der Waals surface area contributed by atoms with Crippen LogP contribution in [0.3, 0.4) is 0 Å². The molecule has 1 aliphatic rings. The minimum atomic E-state index is -0.106. The Bertz CT molecular complexity index is 592. The number of hydrogen-bond acceptors (Lipinski definition) is 3. The summed E-state index contributed by atoms with van der Waals surface area (Å²) in [6.07, 6.45) is 2.33. The molecule has 1 fully saturated rings. The fraction of sp³-hybridized carbons (Fsp3) is 0.545. The molecule has 2 heterocycles. The quantitative estimate of drug-likeness (QED) is 0.829. The Morgan fingerprint density at radius 3 is 2.88 bits per heavy atom. The zero-order chi connectivity index (χ0) is 11.3. The van der Waals surface area contributed by atoms with Crippen molar-refractivity contribution in [3.63, 3.8) is 0 Å². The van der Waals surface area contributed by atoms with Crippen LogP contribution in [0.1, 0.15) is 50.0 Å². The van der Waals surface area contributed by atoms with Gasteiger partial charge >= 0.3 is 0 Å². The first-order chi connectivity index (χ1) is 7.65. The third-order valence-electron chi connectivity index (χ3n) is 2.92. The van der Waals surface area contributed by atoms with Gasteiger partial charge in [-0.3, -0.25) is 9.78 Å². The van der Waals surface area contributed by atoms with Crippen LogP contribution in [0.2, 0.25) is 0 Å². The Morgan fingerprint density at radius 1 is 1.50 bits per heavy atom. The van der Waals surface area contributed by atoms with Gasteiger partial charge in [-0.15, -0.1) is 5.10 Å². The normalized spacial score (nSPS) is 16.2. The van der Waals surface area contributed by atoms with E-state index in [1.807, 2.05) is 13.8 Å². The number of rotatable bonds is 2. The SMILES string of the molecule is CC(C)c1cc(=O)[nH]c2nc(C3CC3)nn12. The lowest BCUT2D eigenvalue weighted by atomic mass is 10.1. The number of hydrogen-bond donors (Lipinski definition) is 1. The van der Waals surface area contributed by atoms with Crippen LogP contribution in [0, 0.1) is 0 Å². The lowest BCUT2D eigenvalue weighted by Crippen LogP contribution is -2.13. The fourth-order valence-electron chi connectivity index (χ4n) is 1.86. The van der Waals surface area contributed by atoms with E-state index in [0.717, 1.165) is 24.4 Å². The summed E-state index contributed by atoms with van der Waals surface area (Å²) in [6, 6.07) is 1.60. The van der Waals surface area contributed by atoms with Crippen LogP contribution in [0.5, 0.6) is 0 Å². The summed E-state index contributed by atoms with van der Waals surface area (Å²) in [5.41, 5.74) is 0.809. The van der Waals surface area contributed by atoms with Crippen LogP contribution < -0.4 is 5.56 Å². The minimum Gasteiger partial charge on any atom is -0.291 e. The van der Waals surface area contributed by atoms with Gasteiger partial charge in [-0.05, 0) is 18.8 Å². The van der Waals surface area contributed by atoms with E-state index in [1.165, 1.54) is 0 Å². The van der Waals surface area contributed by atoms with Crippen LogP contribution in [-0.4, -0.2) is 19.6 Å². The maximum Gasteiger partial charge on any atom is 0.252 e. The van der Waals surface area contributed by atoms with Crippen molar-refractivity contribution in [2.75, 3.05) is 0 Å². The van der Waals surface area contributed by atoms with Crippen molar-refractivity contribution >= 4 is 5.78 Å². The molecule has 0 aliphatic heterocycles. The minimum absolute atomic E-state index is 0.106. The first-order valence-electron chi connectivity index (χ1n) is 5.65. The lowest BCUT2D eigenvalue weighted by molar-refractivity contribution is 0.735. The topological polar surface area (TPSA) is 63.0 Å². The molecule has 1 saturated carbocycles. The van der Waals surface area contributed by atoms with Gasteiger partial charge in [-0.2, -0.15) is 4.98 Å². The van der Waals surface area contributed by atoms with E-state index < -0.39 is 0 Å². The lowest BCUT2D eigenvalue weighted by Gasteiger charge is -2.05. The maximum atomic E-state index is 11.5. The summed E-state index contributed by atoms with van der Waals surface area (Å²) in [7, 11) is 0. The van der Waals surface area contributed by atoms with Crippen molar-refractivity contribution in [1.82, 2.24) is 19.6 Å². The molecule has 0 saturated heterocycles. The Labute approximate surface area is 92.5 Å². The molecule has 84 valence electrons. The molecule has 0 aromatic carbocycles. The van der Waals surface area contributed by atoms with Crippen molar-refractivity contribution in [3.05, 3.63) is 27.9 Å². The van der Waals surface area contributed by atoms with Gasteiger partial charge in [0.25, 0.3) is 5.56 Å². The molecule has 0 atom stereocenters. The third-order valence-corrected chi connectivity index (χ3v) is 2.92. The molecule has 5 nitrogen and oxygen atoms in total. The van der Waals surface area contributed by atoms with E-state index in [4.69, 9.17) is 0 Å². The van der Waals surface area contributed by atoms with E-state index in [-0.39, 0.29) is 11.5 Å². The van der Waals surface area contributed by atoms with Crippen LogP contribution in [0.15, 0.2) is 10.9 Å². The summed E-state index contributed by atoms with van der Waals surface area (Å²) in [4.78, 5) is 18.6. The first kappa shape index (κ1) is 9.57. The molecule has 0 amide bonds. The third kappa shape index (κ3) is 1.43. The van der Waals surface area contributed by atoms with Gasteiger partial charge < -0.3 is 0 Å². The second-order valence-electron chi connectivity index (χ2n) is 4.69. The Morgan fingerprint density at radius 2 is 2.25 bits per heavy atom. The van der Waals surface area contributed by atoms with Gasteiger partial charge in [0.05, 0.1) is 5.69 Å². The van der Waals surface area contributed by atoms with E-state index in [2.05, 4.69) is 15.1 Å². The van der Waals surface area contributed by atoms with Crippen molar-refractivity contribution in [2.24, 2.45) is 0 Å². The molecule has 3 rings (SSSR count).